The summed E-state index contributed by atoms with van der Waals surface area (Å²) in [7, 11) is 1.38. The number of nitrogens with one attached hydrogen (secondary N) is 1. The molecular weight excluding hydrogens is 226 g/mol. The highest BCUT2D eigenvalue weighted by atomic mass is 19.1. The molecule has 0 saturated carbocycles. The van der Waals surface area contributed by atoms with Crippen molar-refractivity contribution in [1.29, 1.82) is 5.26 Å². The Balaban J connectivity index is 2.61. The number of ether oxygens (including phenoxy) is 1. The van der Waals surface area contributed by atoms with Crippen molar-refractivity contribution in [1.82, 2.24) is 4.98 Å². The van der Waals surface area contributed by atoms with Gasteiger partial charge in [0.05, 0.1) is 12.8 Å². The fourth-order valence-corrected chi connectivity index (χ4v) is 1.60. The van der Waals surface area contributed by atoms with Crippen LogP contribution in [-0.4, -0.2) is 12.1 Å². The zero-order valence-corrected chi connectivity index (χ0v) is 8.92. The van der Waals surface area contributed by atoms with Crippen LogP contribution in [0.1, 0.15) is 5.56 Å². The van der Waals surface area contributed by atoms with Crippen molar-refractivity contribution in [3.05, 3.63) is 41.6 Å². The average molecular weight is 234 g/mol. The van der Waals surface area contributed by atoms with E-state index < -0.39 is 11.6 Å². The minimum absolute atomic E-state index is 0.157. The maximum atomic E-state index is 13.6. The molecular formula is C12H8F2N2O. The molecule has 0 atom stereocenters. The second-order valence-electron chi connectivity index (χ2n) is 3.35. The van der Waals surface area contributed by atoms with Gasteiger partial charge in [-0.1, -0.05) is 0 Å². The Morgan fingerprint density at radius 2 is 2.12 bits per heavy atom. The van der Waals surface area contributed by atoms with Gasteiger partial charge in [-0.05, 0) is 12.1 Å². The van der Waals surface area contributed by atoms with Gasteiger partial charge < -0.3 is 9.72 Å². The SMILES string of the molecule is COc1c(C#N)c[nH]c1-c1ccc(F)cc1F. The lowest BCUT2D eigenvalue weighted by Gasteiger charge is -2.04. The Bertz CT molecular complexity index is 599. The van der Waals surface area contributed by atoms with E-state index >= 15 is 0 Å². The molecule has 1 aromatic heterocycles. The van der Waals surface area contributed by atoms with Gasteiger partial charge in [0.1, 0.15) is 23.3 Å². The monoisotopic (exact) mass is 234 g/mol. The quantitative estimate of drug-likeness (QED) is 0.868. The highest BCUT2D eigenvalue weighted by Gasteiger charge is 2.16. The summed E-state index contributed by atoms with van der Waals surface area (Å²) in [4.78, 5) is 2.74. The number of methoxy groups -OCH3 is 1. The van der Waals surface area contributed by atoms with Gasteiger partial charge >= 0.3 is 0 Å². The first-order valence-electron chi connectivity index (χ1n) is 4.78. The third kappa shape index (κ3) is 1.85. The zero-order valence-electron chi connectivity index (χ0n) is 8.92. The summed E-state index contributed by atoms with van der Waals surface area (Å²) in [5.74, 6) is -1.12. The molecule has 0 radical (unpaired) electrons. The first kappa shape index (κ1) is 11.1. The van der Waals surface area contributed by atoms with Crippen molar-refractivity contribution >= 4 is 0 Å². The second kappa shape index (κ2) is 4.26. The molecule has 1 heterocycles. The van der Waals surface area contributed by atoms with Gasteiger partial charge in [-0.2, -0.15) is 5.26 Å². The van der Waals surface area contributed by atoms with Crippen molar-refractivity contribution < 1.29 is 13.5 Å². The predicted molar refractivity (Wildman–Crippen MR) is 57.4 cm³/mol. The Morgan fingerprint density at radius 3 is 2.71 bits per heavy atom. The Morgan fingerprint density at radius 1 is 1.35 bits per heavy atom. The molecule has 0 spiro atoms. The van der Waals surface area contributed by atoms with Gasteiger partial charge in [0, 0.05) is 17.8 Å². The van der Waals surface area contributed by atoms with Gasteiger partial charge in [0.2, 0.25) is 0 Å². The van der Waals surface area contributed by atoms with E-state index in [1.54, 1.807) is 0 Å². The van der Waals surface area contributed by atoms with E-state index in [0.717, 1.165) is 12.1 Å². The van der Waals surface area contributed by atoms with Crippen molar-refractivity contribution in [3.63, 3.8) is 0 Å². The molecule has 0 fully saturated rings. The number of H-pyrrole nitrogens is 1. The minimum atomic E-state index is -0.713. The molecule has 0 saturated heterocycles. The van der Waals surface area contributed by atoms with E-state index in [4.69, 9.17) is 10.00 Å². The number of hydrogen-bond donors (Lipinski definition) is 1. The molecule has 1 N–H and O–H groups in total. The number of aromatic amines is 1. The lowest BCUT2D eigenvalue weighted by atomic mass is 10.1. The van der Waals surface area contributed by atoms with Crippen LogP contribution in [0.15, 0.2) is 24.4 Å². The molecule has 0 unspecified atom stereocenters. The lowest BCUT2D eigenvalue weighted by molar-refractivity contribution is 0.415. The van der Waals surface area contributed by atoms with Gasteiger partial charge in [-0.25, -0.2) is 8.78 Å². The van der Waals surface area contributed by atoms with Crippen LogP contribution in [0.5, 0.6) is 5.75 Å². The Kier molecular flexibility index (Phi) is 2.79. The molecule has 0 aliphatic heterocycles. The maximum Gasteiger partial charge on any atom is 0.162 e. The molecule has 0 aliphatic rings. The molecule has 1 aromatic carbocycles. The van der Waals surface area contributed by atoms with E-state index in [-0.39, 0.29) is 16.9 Å². The van der Waals surface area contributed by atoms with Gasteiger partial charge in [-0.3, -0.25) is 0 Å². The largest absolute Gasteiger partial charge is 0.493 e. The summed E-state index contributed by atoms with van der Waals surface area (Å²) in [6.45, 7) is 0. The third-order valence-electron chi connectivity index (χ3n) is 2.36. The molecule has 86 valence electrons. The summed E-state index contributed by atoms with van der Waals surface area (Å²) < 4.78 is 31.4. The fourth-order valence-electron chi connectivity index (χ4n) is 1.60. The third-order valence-corrected chi connectivity index (χ3v) is 2.36. The van der Waals surface area contributed by atoms with Crippen LogP contribution < -0.4 is 4.74 Å². The molecule has 0 aliphatic carbocycles. The van der Waals surface area contributed by atoms with Gasteiger partial charge in [0.15, 0.2) is 5.75 Å². The van der Waals surface area contributed by atoms with Crippen molar-refractivity contribution in [2.45, 2.75) is 0 Å². The fraction of sp³-hybridized carbons (Fsp3) is 0.0833. The number of rotatable bonds is 2. The van der Waals surface area contributed by atoms with Crippen LogP contribution in [0.3, 0.4) is 0 Å². The molecule has 2 aromatic rings. The van der Waals surface area contributed by atoms with Gasteiger partial charge in [0.25, 0.3) is 0 Å². The van der Waals surface area contributed by atoms with Crippen LogP contribution in [0.4, 0.5) is 8.78 Å². The summed E-state index contributed by atoms with van der Waals surface area (Å²) in [6.07, 6.45) is 1.41. The minimum Gasteiger partial charge on any atom is -0.493 e. The summed E-state index contributed by atoms with van der Waals surface area (Å²) in [5.41, 5.74) is 0.748. The maximum absolute atomic E-state index is 13.6. The highest BCUT2D eigenvalue weighted by molar-refractivity contribution is 5.71. The van der Waals surface area contributed by atoms with Crippen molar-refractivity contribution in [2.24, 2.45) is 0 Å². The van der Waals surface area contributed by atoms with Crippen LogP contribution in [-0.2, 0) is 0 Å². The Hall–Kier alpha value is -2.35. The number of benzene rings is 1. The predicted octanol–water partition coefficient (Wildman–Crippen LogP) is 2.84. The smallest absolute Gasteiger partial charge is 0.162 e. The standard InChI is InChI=1S/C12H8F2N2O/c1-17-12-7(5-15)6-16-11(12)9-3-2-8(13)4-10(9)14/h2-4,6,16H,1H3. The first-order valence-corrected chi connectivity index (χ1v) is 4.78. The van der Waals surface area contributed by atoms with Crippen LogP contribution in [0, 0.1) is 23.0 Å². The van der Waals surface area contributed by atoms with E-state index in [2.05, 4.69) is 4.98 Å². The Labute approximate surface area is 96.3 Å². The topological polar surface area (TPSA) is 48.8 Å². The van der Waals surface area contributed by atoms with E-state index in [1.165, 1.54) is 19.4 Å². The number of hydrogen-bond acceptors (Lipinski definition) is 2. The van der Waals surface area contributed by atoms with Crippen molar-refractivity contribution in [3.8, 4) is 23.1 Å². The zero-order chi connectivity index (χ0) is 12.4. The summed E-state index contributed by atoms with van der Waals surface area (Å²) in [5, 5.41) is 8.82. The van der Waals surface area contributed by atoms with E-state index in [9.17, 15) is 8.78 Å². The van der Waals surface area contributed by atoms with Gasteiger partial charge in [-0.15, -0.1) is 0 Å². The first-order chi connectivity index (χ1) is 8.17. The molecule has 3 nitrogen and oxygen atoms in total. The molecule has 2 rings (SSSR count). The summed E-state index contributed by atoms with van der Waals surface area (Å²) in [6, 6.07) is 5.13. The number of aromatic nitrogens is 1. The van der Waals surface area contributed by atoms with Crippen LogP contribution in [0.25, 0.3) is 11.3 Å². The van der Waals surface area contributed by atoms with Crippen LogP contribution in [0.2, 0.25) is 0 Å². The molecule has 17 heavy (non-hydrogen) atoms. The highest BCUT2D eigenvalue weighted by Crippen LogP contribution is 2.33. The normalized spacial score (nSPS) is 10.0. The number of nitrogens with zero attached hydrogens (tertiary/aromatic N) is 1. The molecule has 0 bridgehead atoms. The molecule has 5 heteroatoms. The number of nitriles is 1. The lowest BCUT2D eigenvalue weighted by Crippen LogP contribution is -1.90. The molecule has 0 amide bonds. The number of halogens is 2. The van der Waals surface area contributed by atoms with E-state index in [0.29, 0.717) is 5.69 Å². The van der Waals surface area contributed by atoms with Crippen LogP contribution >= 0.6 is 0 Å². The average Bonchev–Trinajstić information content (AvgIpc) is 2.71. The summed E-state index contributed by atoms with van der Waals surface area (Å²) >= 11 is 0. The van der Waals surface area contributed by atoms with E-state index in [1.807, 2.05) is 6.07 Å². The van der Waals surface area contributed by atoms with Crippen molar-refractivity contribution in [2.75, 3.05) is 7.11 Å². The second-order valence-corrected chi connectivity index (χ2v) is 3.35.